The van der Waals surface area contributed by atoms with E-state index in [1.54, 1.807) is 4.57 Å². The molecular weight excluding hydrogens is 212 g/mol. The molecule has 4 heteroatoms. The second kappa shape index (κ2) is 4.35. The third-order valence-electron chi connectivity index (χ3n) is 3.04. The van der Waals surface area contributed by atoms with E-state index in [-0.39, 0.29) is 5.56 Å². The van der Waals surface area contributed by atoms with E-state index in [1.165, 1.54) is 25.3 Å². The summed E-state index contributed by atoms with van der Waals surface area (Å²) in [6, 6.07) is 1.74. The maximum Gasteiger partial charge on any atom is 0.255 e. The smallest absolute Gasteiger partial charge is 0.255 e. The topological polar surface area (TPSA) is 34.9 Å². The van der Waals surface area contributed by atoms with Crippen LogP contribution in [0.1, 0.15) is 44.0 Å². The fourth-order valence-electron chi connectivity index (χ4n) is 2.36. The highest BCUT2D eigenvalue weighted by Crippen LogP contribution is 2.27. The minimum Gasteiger partial charge on any atom is -0.294 e. The molecule has 3 nitrogen and oxygen atoms in total. The molecule has 0 unspecified atom stereocenters. The molecule has 1 aliphatic rings. The summed E-state index contributed by atoms with van der Waals surface area (Å²) in [5.74, 6) is 0.736. The van der Waals surface area contributed by atoms with Gasteiger partial charge < -0.3 is 0 Å². The van der Waals surface area contributed by atoms with E-state index in [1.807, 2.05) is 6.92 Å². The molecule has 15 heavy (non-hydrogen) atoms. The number of hydrogen-bond acceptors (Lipinski definition) is 2. The number of hydrogen-bond donors (Lipinski definition) is 0. The molecule has 0 bridgehead atoms. The second-order valence-electron chi connectivity index (χ2n) is 4.13. The molecule has 1 fully saturated rings. The van der Waals surface area contributed by atoms with Crippen LogP contribution >= 0.6 is 11.6 Å². The van der Waals surface area contributed by atoms with Gasteiger partial charge in [-0.1, -0.05) is 30.9 Å². The molecule has 0 saturated heterocycles. The van der Waals surface area contributed by atoms with Gasteiger partial charge in [-0.25, -0.2) is 4.98 Å². The van der Waals surface area contributed by atoms with Crippen LogP contribution in [0.25, 0.3) is 0 Å². The summed E-state index contributed by atoms with van der Waals surface area (Å²) in [6.45, 7) is 1.85. The van der Waals surface area contributed by atoms with Gasteiger partial charge in [-0.05, 0) is 19.8 Å². The SMILES string of the molecule is Cc1nc(Cl)cc(=O)n1C1CCCCC1. The van der Waals surface area contributed by atoms with Gasteiger partial charge in [-0.3, -0.25) is 9.36 Å². The zero-order valence-corrected chi connectivity index (χ0v) is 9.63. The van der Waals surface area contributed by atoms with E-state index >= 15 is 0 Å². The van der Waals surface area contributed by atoms with Crippen LogP contribution in [0.15, 0.2) is 10.9 Å². The monoisotopic (exact) mass is 226 g/mol. The molecule has 0 radical (unpaired) electrons. The van der Waals surface area contributed by atoms with Crippen LogP contribution in [-0.4, -0.2) is 9.55 Å². The van der Waals surface area contributed by atoms with Crippen molar-refractivity contribution in [3.8, 4) is 0 Å². The zero-order valence-electron chi connectivity index (χ0n) is 8.87. The Labute approximate surface area is 94.1 Å². The van der Waals surface area contributed by atoms with Gasteiger partial charge in [0.2, 0.25) is 0 Å². The van der Waals surface area contributed by atoms with Crippen LogP contribution in [0, 0.1) is 6.92 Å². The Kier molecular flexibility index (Phi) is 3.10. The second-order valence-corrected chi connectivity index (χ2v) is 4.51. The molecule has 0 N–H and O–H groups in total. The summed E-state index contributed by atoms with van der Waals surface area (Å²) < 4.78 is 1.80. The van der Waals surface area contributed by atoms with Crippen molar-refractivity contribution >= 4 is 11.6 Å². The molecule has 1 aliphatic carbocycles. The van der Waals surface area contributed by atoms with Crippen molar-refractivity contribution in [3.05, 3.63) is 27.4 Å². The van der Waals surface area contributed by atoms with Crippen molar-refractivity contribution in [2.45, 2.75) is 45.1 Å². The van der Waals surface area contributed by atoms with E-state index in [0.29, 0.717) is 11.2 Å². The number of nitrogens with zero attached hydrogens (tertiary/aromatic N) is 2. The van der Waals surface area contributed by atoms with E-state index in [0.717, 1.165) is 18.7 Å². The first-order valence-corrected chi connectivity index (χ1v) is 5.82. The first kappa shape index (κ1) is 10.7. The molecule has 1 aromatic rings. The summed E-state index contributed by atoms with van der Waals surface area (Å²) in [5, 5.41) is 0.296. The molecule has 0 atom stereocenters. The van der Waals surface area contributed by atoms with Crippen molar-refractivity contribution in [3.63, 3.8) is 0 Å². The Morgan fingerprint density at radius 1 is 1.40 bits per heavy atom. The van der Waals surface area contributed by atoms with Crippen molar-refractivity contribution in [2.24, 2.45) is 0 Å². The predicted octanol–water partition coefficient (Wildman–Crippen LogP) is 2.71. The standard InChI is InChI=1S/C11H15ClN2O/c1-8-13-10(12)7-11(15)14(8)9-5-3-2-4-6-9/h7,9H,2-6H2,1H3. The summed E-state index contributed by atoms with van der Waals surface area (Å²) in [5.41, 5.74) is -0.0144. The lowest BCUT2D eigenvalue weighted by atomic mass is 9.95. The number of halogens is 1. The molecular formula is C11H15ClN2O. The molecule has 1 aromatic heterocycles. The largest absolute Gasteiger partial charge is 0.294 e. The summed E-state index contributed by atoms with van der Waals surface area (Å²) in [7, 11) is 0. The quantitative estimate of drug-likeness (QED) is 0.691. The third kappa shape index (κ3) is 2.23. The number of aromatic nitrogens is 2. The van der Waals surface area contributed by atoms with Gasteiger partial charge in [0.15, 0.2) is 0 Å². The highest BCUT2D eigenvalue weighted by molar-refractivity contribution is 6.29. The van der Waals surface area contributed by atoms with E-state index in [4.69, 9.17) is 11.6 Å². The lowest BCUT2D eigenvalue weighted by molar-refractivity contribution is 0.338. The number of aryl methyl sites for hydroxylation is 1. The molecule has 0 spiro atoms. The van der Waals surface area contributed by atoms with Crippen LogP contribution in [0.4, 0.5) is 0 Å². The van der Waals surface area contributed by atoms with Crippen molar-refractivity contribution < 1.29 is 0 Å². The minimum atomic E-state index is -0.0144. The minimum absolute atomic E-state index is 0.0144. The maximum atomic E-state index is 11.8. The normalized spacial score (nSPS) is 18.0. The Bertz CT molecular complexity index is 408. The van der Waals surface area contributed by atoms with Crippen molar-refractivity contribution in [1.29, 1.82) is 0 Å². The molecule has 0 aliphatic heterocycles. The Morgan fingerprint density at radius 3 is 2.67 bits per heavy atom. The average molecular weight is 227 g/mol. The Balaban J connectivity index is 2.38. The van der Waals surface area contributed by atoms with Crippen LogP contribution in [0.3, 0.4) is 0 Å². The lowest BCUT2D eigenvalue weighted by Crippen LogP contribution is -2.28. The summed E-state index contributed by atoms with van der Waals surface area (Å²) in [4.78, 5) is 15.9. The Morgan fingerprint density at radius 2 is 2.07 bits per heavy atom. The van der Waals surface area contributed by atoms with Crippen LogP contribution in [0.5, 0.6) is 0 Å². The fraction of sp³-hybridized carbons (Fsp3) is 0.636. The summed E-state index contributed by atoms with van der Waals surface area (Å²) >= 11 is 5.74. The van der Waals surface area contributed by atoms with E-state index in [9.17, 15) is 4.79 Å². The maximum absolute atomic E-state index is 11.8. The Hall–Kier alpha value is -0.830. The molecule has 0 aromatic carbocycles. The highest BCUT2D eigenvalue weighted by atomic mass is 35.5. The zero-order chi connectivity index (χ0) is 10.8. The van der Waals surface area contributed by atoms with Gasteiger partial charge in [0, 0.05) is 12.1 Å². The molecule has 0 amide bonds. The first-order chi connectivity index (χ1) is 7.18. The highest BCUT2D eigenvalue weighted by Gasteiger charge is 2.18. The third-order valence-corrected chi connectivity index (χ3v) is 3.23. The van der Waals surface area contributed by atoms with Gasteiger partial charge in [0.05, 0.1) is 0 Å². The molecule has 1 heterocycles. The molecule has 1 saturated carbocycles. The van der Waals surface area contributed by atoms with Crippen molar-refractivity contribution in [2.75, 3.05) is 0 Å². The predicted molar refractivity (Wildman–Crippen MR) is 60.4 cm³/mol. The van der Waals surface area contributed by atoms with Gasteiger partial charge in [-0.2, -0.15) is 0 Å². The van der Waals surface area contributed by atoms with Gasteiger partial charge in [0.25, 0.3) is 5.56 Å². The van der Waals surface area contributed by atoms with Gasteiger partial charge >= 0.3 is 0 Å². The average Bonchev–Trinajstić information content (AvgIpc) is 2.17. The number of rotatable bonds is 1. The van der Waals surface area contributed by atoms with Gasteiger partial charge in [-0.15, -0.1) is 0 Å². The van der Waals surface area contributed by atoms with Gasteiger partial charge in [0.1, 0.15) is 11.0 Å². The van der Waals surface area contributed by atoms with Crippen LogP contribution in [-0.2, 0) is 0 Å². The van der Waals surface area contributed by atoms with E-state index < -0.39 is 0 Å². The fourth-order valence-corrected chi connectivity index (χ4v) is 2.57. The van der Waals surface area contributed by atoms with Crippen molar-refractivity contribution in [1.82, 2.24) is 9.55 Å². The van der Waals surface area contributed by atoms with Crippen LogP contribution < -0.4 is 5.56 Å². The van der Waals surface area contributed by atoms with Crippen LogP contribution in [0.2, 0.25) is 5.15 Å². The first-order valence-electron chi connectivity index (χ1n) is 5.44. The lowest BCUT2D eigenvalue weighted by Gasteiger charge is -2.25. The molecule has 2 rings (SSSR count). The molecule has 82 valence electrons. The summed E-state index contributed by atoms with van der Waals surface area (Å²) in [6.07, 6.45) is 5.87. The van der Waals surface area contributed by atoms with E-state index in [2.05, 4.69) is 4.98 Å².